The van der Waals surface area contributed by atoms with Gasteiger partial charge in [-0.15, -0.1) is 0 Å². The summed E-state index contributed by atoms with van der Waals surface area (Å²) >= 11 is 6.26. The van der Waals surface area contributed by atoms with Crippen LogP contribution in [0.3, 0.4) is 0 Å². The number of amides is 1. The Bertz CT molecular complexity index is 1130. The third kappa shape index (κ3) is 5.61. The van der Waals surface area contributed by atoms with E-state index in [1.165, 1.54) is 0 Å². The quantitative estimate of drug-likeness (QED) is 0.578. The van der Waals surface area contributed by atoms with Gasteiger partial charge in [0.1, 0.15) is 5.82 Å². The van der Waals surface area contributed by atoms with Crippen LogP contribution in [-0.2, 0) is 6.42 Å². The molecule has 172 valence electrons. The number of likely N-dealkylation sites (N-methyl/N-ethyl adjacent to an activating group) is 1. The van der Waals surface area contributed by atoms with Crippen molar-refractivity contribution in [2.24, 2.45) is 0 Å². The number of nitrogens with one attached hydrogen (secondary N) is 1. The Balaban J connectivity index is 1.36. The fourth-order valence-electron chi connectivity index (χ4n) is 3.92. The molecule has 1 saturated heterocycles. The first-order valence-corrected chi connectivity index (χ1v) is 11.5. The summed E-state index contributed by atoms with van der Waals surface area (Å²) in [6.45, 7) is 6.03. The summed E-state index contributed by atoms with van der Waals surface area (Å²) in [5.41, 5.74) is 10.4. The van der Waals surface area contributed by atoms with E-state index in [4.69, 9.17) is 17.3 Å². The number of rotatable bonds is 6. The van der Waals surface area contributed by atoms with Crippen LogP contribution in [-0.4, -0.2) is 65.4 Å². The first kappa shape index (κ1) is 23.0. The Morgan fingerprint density at radius 2 is 1.82 bits per heavy atom. The van der Waals surface area contributed by atoms with Crippen molar-refractivity contribution in [2.75, 3.05) is 50.8 Å². The summed E-state index contributed by atoms with van der Waals surface area (Å²) in [7, 11) is 2.08. The van der Waals surface area contributed by atoms with E-state index in [1.54, 1.807) is 0 Å². The first-order chi connectivity index (χ1) is 15.9. The van der Waals surface area contributed by atoms with E-state index in [0.717, 1.165) is 60.5 Å². The van der Waals surface area contributed by atoms with Gasteiger partial charge in [-0.3, -0.25) is 4.79 Å². The summed E-state index contributed by atoms with van der Waals surface area (Å²) < 4.78 is 0. The summed E-state index contributed by atoms with van der Waals surface area (Å²) in [6, 6.07) is 15.5. The molecule has 0 aliphatic carbocycles. The molecule has 1 aliphatic rings. The van der Waals surface area contributed by atoms with Crippen molar-refractivity contribution >= 4 is 29.3 Å². The number of nitrogen functional groups attached to an aromatic ring is 1. The lowest BCUT2D eigenvalue weighted by molar-refractivity contribution is 0.0664. The monoisotopic (exact) mass is 464 g/mol. The average molecular weight is 465 g/mol. The molecule has 0 radical (unpaired) electrons. The van der Waals surface area contributed by atoms with E-state index >= 15 is 0 Å². The van der Waals surface area contributed by atoms with Gasteiger partial charge in [-0.05, 0) is 49.7 Å². The zero-order valence-corrected chi connectivity index (χ0v) is 19.8. The maximum atomic E-state index is 12.7. The average Bonchev–Trinajstić information content (AvgIpc) is 2.81. The van der Waals surface area contributed by atoms with Gasteiger partial charge >= 0.3 is 0 Å². The fraction of sp³-hybridized carbons (Fsp3) is 0.320. The SMILES string of the molecule is Cc1c(Cl)cccc1-c1cc(NCCc2ccc(C(=O)N3CCN(C)CC3)cc2)nc(N)n1. The third-order valence-electron chi connectivity index (χ3n) is 6.00. The standard InChI is InChI=1S/C25H29ClN6O/c1-17-20(4-3-5-21(17)26)22-16-23(30-25(27)29-22)28-11-10-18-6-8-19(9-7-18)24(33)32-14-12-31(2)13-15-32/h3-9,16H,10-15H2,1-2H3,(H3,27,28,29,30). The number of nitrogens with zero attached hydrogens (tertiary/aromatic N) is 4. The van der Waals surface area contributed by atoms with Crippen LogP contribution in [0.4, 0.5) is 11.8 Å². The number of carbonyl (C=O) groups is 1. The van der Waals surface area contributed by atoms with Gasteiger partial charge in [-0.2, -0.15) is 4.98 Å². The molecule has 3 N–H and O–H groups in total. The van der Waals surface area contributed by atoms with Crippen molar-refractivity contribution < 1.29 is 4.79 Å². The predicted octanol–water partition coefficient (Wildman–Crippen LogP) is 3.73. The van der Waals surface area contributed by atoms with Crippen LogP contribution in [0.1, 0.15) is 21.5 Å². The summed E-state index contributed by atoms with van der Waals surface area (Å²) in [4.78, 5) is 25.5. The number of anilines is 2. The maximum absolute atomic E-state index is 12.7. The predicted molar refractivity (Wildman–Crippen MR) is 134 cm³/mol. The number of hydrogen-bond donors (Lipinski definition) is 2. The minimum atomic E-state index is 0.105. The number of hydrogen-bond acceptors (Lipinski definition) is 6. The lowest BCUT2D eigenvalue weighted by Crippen LogP contribution is -2.47. The van der Waals surface area contributed by atoms with Crippen molar-refractivity contribution in [2.45, 2.75) is 13.3 Å². The summed E-state index contributed by atoms with van der Waals surface area (Å²) in [5, 5.41) is 4.02. The molecule has 7 nitrogen and oxygen atoms in total. The van der Waals surface area contributed by atoms with Gasteiger partial charge in [0.05, 0.1) is 5.69 Å². The van der Waals surface area contributed by atoms with Crippen LogP contribution in [0, 0.1) is 6.92 Å². The molecule has 0 atom stereocenters. The maximum Gasteiger partial charge on any atom is 0.253 e. The Morgan fingerprint density at radius 1 is 1.09 bits per heavy atom. The molecule has 0 saturated carbocycles. The molecular weight excluding hydrogens is 436 g/mol. The van der Waals surface area contributed by atoms with Crippen LogP contribution < -0.4 is 11.1 Å². The lowest BCUT2D eigenvalue weighted by atomic mass is 10.1. The molecule has 1 aliphatic heterocycles. The molecule has 2 aromatic carbocycles. The van der Waals surface area contributed by atoms with E-state index in [-0.39, 0.29) is 11.9 Å². The van der Waals surface area contributed by atoms with Crippen LogP contribution >= 0.6 is 11.6 Å². The highest BCUT2D eigenvalue weighted by molar-refractivity contribution is 6.31. The first-order valence-electron chi connectivity index (χ1n) is 11.1. The number of piperazine rings is 1. The zero-order chi connectivity index (χ0) is 23.4. The van der Waals surface area contributed by atoms with Crippen LogP contribution in [0.15, 0.2) is 48.5 Å². The highest BCUT2D eigenvalue weighted by atomic mass is 35.5. The number of benzene rings is 2. The van der Waals surface area contributed by atoms with Crippen molar-refractivity contribution in [3.63, 3.8) is 0 Å². The smallest absolute Gasteiger partial charge is 0.253 e. The Kier molecular flexibility index (Phi) is 7.11. The van der Waals surface area contributed by atoms with E-state index in [1.807, 2.05) is 60.4 Å². The Hall–Kier alpha value is -3.16. The minimum Gasteiger partial charge on any atom is -0.370 e. The van der Waals surface area contributed by atoms with Crippen molar-refractivity contribution in [3.8, 4) is 11.3 Å². The normalized spacial score (nSPS) is 14.3. The van der Waals surface area contributed by atoms with E-state index in [9.17, 15) is 4.79 Å². The molecule has 0 unspecified atom stereocenters. The molecule has 3 aromatic rings. The van der Waals surface area contributed by atoms with E-state index in [2.05, 4.69) is 27.2 Å². The molecule has 1 aromatic heterocycles. The van der Waals surface area contributed by atoms with E-state index < -0.39 is 0 Å². The van der Waals surface area contributed by atoms with E-state index in [0.29, 0.717) is 17.4 Å². The molecule has 8 heteroatoms. The number of halogens is 1. The zero-order valence-electron chi connectivity index (χ0n) is 19.0. The van der Waals surface area contributed by atoms with Crippen LogP contribution in [0.2, 0.25) is 5.02 Å². The van der Waals surface area contributed by atoms with Gasteiger partial charge in [0.25, 0.3) is 5.91 Å². The van der Waals surface area contributed by atoms with Crippen LogP contribution in [0.5, 0.6) is 0 Å². The largest absolute Gasteiger partial charge is 0.370 e. The number of nitrogens with two attached hydrogens (primary N) is 1. The van der Waals surface area contributed by atoms with Gasteiger partial charge in [-0.25, -0.2) is 4.98 Å². The molecule has 0 spiro atoms. The molecule has 2 heterocycles. The highest BCUT2D eigenvalue weighted by Gasteiger charge is 2.20. The van der Waals surface area contributed by atoms with Gasteiger partial charge in [0.15, 0.2) is 0 Å². The molecule has 1 fully saturated rings. The van der Waals surface area contributed by atoms with Crippen molar-refractivity contribution in [1.82, 2.24) is 19.8 Å². The molecule has 33 heavy (non-hydrogen) atoms. The fourth-order valence-corrected chi connectivity index (χ4v) is 4.09. The summed E-state index contributed by atoms with van der Waals surface area (Å²) in [6.07, 6.45) is 0.790. The Morgan fingerprint density at radius 3 is 2.55 bits per heavy atom. The van der Waals surface area contributed by atoms with Gasteiger partial charge in [-0.1, -0.05) is 35.9 Å². The highest BCUT2D eigenvalue weighted by Crippen LogP contribution is 2.28. The molecular formula is C25H29ClN6O. The molecule has 4 rings (SSSR count). The third-order valence-corrected chi connectivity index (χ3v) is 6.41. The van der Waals surface area contributed by atoms with Crippen LogP contribution in [0.25, 0.3) is 11.3 Å². The Labute approximate surface area is 199 Å². The minimum absolute atomic E-state index is 0.105. The van der Waals surface area contributed by atoms with Gasteiger partial charge in [0, 0.05) is 54.9 Å². The van der Waals surface area contributed by atoms with Gasteiger partial charge < -0.3 is 20.9 Å². The van der Waals surface area contributed by atoms with Crippen molar-refractivity contribution in [1.29, 1.82) is 0 Å². The lowest BCUT2D eigenvalue weighted by Gasteiger charge is -2.32. The second kappa shape index (κ2) is 10.2. The molecule has 1 amide bonds. The van der Waals surface area contributed by atoms with Gasteiger partial charge in [0.2, 0.25) is 5.95 Å². The van der Waals surface area contributed by atoms with Crippen molar-refractivity contribution in [3.05, 3.63) is 70.2 Å². The topological polar surface area (TPSA) is 87.4 Å². The second-order valence-electron chi connectivity index (χ2n) is 8.38. The summed E-state index contributed by atoms with van der Waals surface area (Å²) in [5.74, 6) is 0.980. The molecule has 0 bridgehead atoms. The number of aromatic nitrogens is 2. The number of carbonyl (C=O) groups excluding carboxylic acids is 1. The second-order valence-corrected chi connectivity index (χ2v) is 8.79.